The van der Waals surface area contributed by atoms with E-state index >= 15 is 0 Å². The van der Waals surface area contributed by atoms with Crippen molar-refractivity contribution in [3.8, 4) is 11.5 Å². The monoisotopic (exact) mass is 435 g/mol. The molecule has 7 heteroatoms. The lowest BCUT2D eigenvalue weighted by atomic mass is 9.96. The highest BCUT2D eigenvalue weighted by Crippen LogP contribution is 2.32. The van der Waals surface area contributed by atoms with Crippen LogP contribution >= 0.6 is 0 Å². The SMILES string of the molecule is CC(C(=O)N(C)CC1COc2ccccc2O1)N1CCCC(c2nc3ccccc3o2)C1. The molecular formula is C25H29N3O4. The minimum Gasteiger partial charge on any atom is -0.486 e. The molecule has 7 nitrogen and oxygen atoms in total. The van der Waals surface area contributed by atoms with Crippen LogP contribution in [-0.4, -0.2) is 66.1 Å². The molecule has 2 aliphatic heterocycles. The summed E-state index contributed by atoms with van der Waals surface area (Å²) in [7, 11) is 1.84. The fourth-order valence-electron chi connectivity index (χ4n) is 4.65. The molecule has 0 saturated carbocycles. The molecule has 0 spiro atoms. The molecular weight excluding hydrogens is 406 g/mol. The van der Waals surface area contributed by atoms with Crippen LogP contribution in [0.5, 0.6) is 11.5 Å². The molecule has 1 fully saturated rings. The second-order valence-corrected chi connectivity index (χ2v) is 8.75. The maximum absolute atomic E-state index is 13.2. The van der Waals surface area contributed by atoms with E-state index in [-0.39, 0.29) is 24.0 Å². The molecule has 5 rings (SSSR count). The predicted octanol–water partition coefficient (Wildman–Crippen LogP) is 3.69. The summed E-state index contributed by atoms with van der Waals surface area (Å²) in [5, 5.41) is 0. The quantitative estimate of drug-likeness (QED) is 0.609. The van der Waals surface area contributed by atoms with Crippen LogP contribution in [0.1, 0.15) is 31.6 Å². The molecule has 2 aliphatic rings. The molecule has 2 aromatic carbocycles. The first-order valence-electron chi connectivity index (χ1n) is 11.3. The molecule has 3 aromatic rings. The van der Waals surface area contributed by atoms with E-state index in [1.807, 2.05) is 62.5 Å². The number of carbonyl (C=O) groups excluding carboxylic acids is 1. The van der Waals surface area contributed by atoms with Crippen molar-refractivity contribution in [1.82, 2.24) is 14.8 Å². The van der Waals surface area contributed by atoms with Crippen molar-refractivity contribution in [2.24, 2.45) is 0 Å². The van der Waals surface area contributed by atoms with Gasteiger partial charge in [-0.25, -0.2) is 4.98 Å². The van der Waals surface area contributed by atoms with Gasteiger partial charge in [-0.15, -0.1) is 0 Å². The van der Waals surface area contributed by atoms with Crippen LogP contribution in [0, 0.1) is 0 Å². The number of para-hydroxylation sites is 4. The minimum atomic E-state index is -0.219. The third-order valence-corrected chi connectivity index (χ3v) is 6.44. The summed E-state index contributed by atoms with van der Waals surface area (Å²) in [6.07, 6.45) is 1.85. The molecule has 168 valence electrons. The molecule has 1 aromatic heterocycles. The highest BCUT2D eigenvalue weighted by atomic mass is 16.6. The molecule has 1 amide bonds. The summed E-state index contributed by atoms with van der Waals surface area (Å²) in [6.45, 7) is 4.57. The van der Waals surface area contributed by atoms with E-state index < -0.39 is 0 Å². The number of fused-ring (bicyclic) bond motifs is 2. The number of nitrogens with zero attached hydrogens (tertiary/aromatic N) is 3. The first-order valence-corrected chi connectivity index (χ1v) is 11.3. The zero-order chi connectivity index (χ0) is 22.1. The van der Waals surface area contributed by atoms with Gasteiger partial charge in [0.25, 0.3) is 0 Å². The summed E-state index contributed by atoms with van der Waals surface area (Å²) < 4.78 is 17.8. The number of benzene rings is 2. The van der Waals surface area contributed by atoms with E-state index in [1.54, 1.807) is 4.90 Å². The number of hydrogen-bond donors (Lipinski definition) is 0. The third-order valence-electron chi connectivity index (χ3n) is 6.44. The number of amides is 1. The summed E-state index contributed by atoms with van der Waals surface area (Å²) in [5.74, 6) is 2.55. The average molecular weight is 436 g/mol. The van der Waals surface area contributed by atoms with Crippen LogP contribution < -0.4 is 9.47 Å². The van der Waals surface area contributed by atoms with Gasteiger partial charge in [-0.05, 0) is 50.6 Å². The van der Waals surface area contributed by atoms with Gasteiger partial charge in [-0.1, -0.05) is 24.3 Å². The molecule has 3 heterocycles. The summed E-state index contributed by atoms with van der Waals surface area (Å²) in [4.78, 5) is 21.9. The molecule has 0 radical (unpaired) electrons. The van der Waals surface area contributed by atoms with Crippen molar-refractivity contribution < 1.29 is 18.7 Å². The predicted molar refractivity (Wildman–Crippen MR) is 121 cm³/mol. The zero-order valence-corrected chi connectivity index (χ0v) is 18.6. The number of rotatable bonds is 5. The second-order valence-electron chi connectivity index (χ2n) is 8.75. The number of oxazole rings is 1. The van der Waals surface area contributed by atoms with Gasteiger partial charge in [-0.2, -0.15) is 0 Å². The number of likely N-dealkylation sites (tertiary alicyclic amines) is 1. The van der Waals surface area contributed by atoms with Gasteiger partial charge >= 0.3 is 0 Å². The Kier molecular flexibility index (Phi) is 5.74. The van der Waals surface area contributed by atoms with Crippen LogP contribution in [-0.2, 0) is 4.79 Å². The van der Waals surface area contributed by atoms with Gasteiger partial charge < -0.3 is 18.8 Å². The highest BCUT2D eigenvalue weighted by molar-refractivity contribution is 5.81. The number of carbonyl (C=O) groups is 1. The normalized spacial score (nSPS) is 21.9. The van der Waals surface area contributed by atoms with Crippen LogP contribution in [0.3, 0.4) is 0 Å². The summed E-state index contributed by atoms with van der Waals surface area (Å²) in [5.41, 5.74) is 1.71. The maximum atomic E-state index is 13.2. The zero-order valence-electron chi connectivity index (χ0n) is 18.6. The number of aromatic nitrogens is 1. The number of piperidine rings is 1. The van der Waals surface area contributed by atoms with E-state index in [2.05, 4.69) is 9.88 Å². The van der Waals surface area contributed by atoms with E-state index in [1.165, 1.54) is 0 Å². The number of hydrogen-bond acceptors (Lipinski definition) is 6. The van der Waals surface area contributed by atoms with Gasteiger partial charge in [0.1, 0.15) is 12.1 Å². The lowest BCUT2D eigenvalue weighted by Crippen LogP contribution is -2.51. The standard InChI is InChI=1S/C25H29N3O4/c1-17(25(29)27(2)15-19-16-30-22-11-5-6-12-23(22)31-19)28-13-7-8-18(14-28)24-26-20-9-3-4-10-21(20)32-24/h3-6,9-12,17-19H,7-8,13-16H2,1-2H3. The Morgan fingerprint density at radius 2 is 1.97 bits per heavy atom. The van der Waals surface area contributed by atoms with Crippen molar-refractivity contribution in [3.63, 3.8) is 0 Å². The minimum absolute atomic E-state index is 0.0886. The van der Waals surface area contributed by atoms with Crippen molar-refractivity contribution >= 4 is 17.0 Å². The lowest BCUT2D eigenvalue weighted by molar-refractivity contribution is -0.137. The molecule has 32 heavy (non-hydrogen) atoms. The van der Waals surface area contributed by atoms with Gasteiger partial charge in [0, 0.05) is 19.5 Å². The molecule has 3 unspecified atom stereocenters. The maximum Gasteiger partial charge on any atom is 0.239 e. The number of ether oxygens (including phenoxy) is 2. The summed E-state index contributed by atoms with van der Waals surface area (Å²) in [6, 6.07) is 15.3. The Balaban J connectivity index is 1.20. The molecule has 3 atom stereocenters. The molecule has 1 saturated heterocycles. The number of likely N-dealkylation sites (N-methyl/N-ethyl adjacent to an activating group) is 1. The largest absolute Gasteiger partial charge is 0.486 e. The Hall–Kier alpha value is -3.06. The third kappa shape index (κ3) is 4.17. The first-order chi connectivity index (χ1) is 15.6. The summed E-state index contributed by atoms with van der Waals surface area (Å²) >= 11 is 0. The van der Waals surface area contributed by atoms with Gasteiger partial charge in [0.05, 0.1) is 12.6 Å². The van der Waals surface area contributed by atoms with E-state index in [4.69, 9.17) is 13.9 Å². The van der Waals surface area contributed by atoms with Crippen molar-refractivity contribution in [2.45, 2.75) is 37.8 Å². The van der Waals surface area contributed by atoms with E-state index in [9.17, 15) is 4.79 Å². The fourth-order valence-corrected chi connectivity index (χ4v) is 4.65. The van der Waals surface area contributed by atoms with E-state index in [0.717, 1.165) is 54.4 Å². The smallest absolute Gasteiger partial charge is 0.239 e. The Morgan fingerprint density at radius 1 is 1.19 bits per heavy atom. The van der Waals surface area contributed by atoms with Crippen LogP contribution in [0.2, 0.25) is 0 Å². The van der Waals surface area contributed by atoms with Crippen molar-refractivity contribution in [3.05, 3.63) is 54.4 Å². The van der Waals surface area contributed by atoms with Crippen LogP contribution in [0.15, 0.2) is 52.9 Å². The average Bonchev–Trinajstić information content (AvgIpc) is 3.27. The fraction of sp³-hybridized carbons (Fsp3) is 0.440. The molecule has 0 bridgehead atoms. The molecule has 0 N–H and O–H groups in total. The van der Waals surface area contributed by atoms with Gasteiger partial charge in [-0.3, -0.25) is 9.69 Å². The lowest BCUT2D eigenvalue weighted by Gasteiger charge is -2.37. The first kappa shape index (κ1) is 20.8. The second kappa shape index (κ2) is 8.82. The molecule has 0 aliphatic carbocycles. The Morgan fingerprint density at radius 3 is 2.81 bits per heavy atom. The van der Waals surface area contributed by atoms with E-state index in [0.29, 0.717) is 13.2 Å². The Bertz CT molecular complexity index is 1060. The van der Waals surface area contributed by atoms with Gasteiger partial charge in [0.2, 0.25) is 5.91 Å². The highest BCUT2D eigenvalue weighted by Gasteiger charge is 2.33. The van der Waals surface area contributed by atoms with Crippen molar-refractivity contribution in [1.29, 1.82) is 0 Å². The van der Waals surface area contributed by atoms with Gasteiger partial charge in [0.15, 0.2) is 29.1 Å². The topological polar surface area (TPSA) is 68.0 Å². The Labute approximate surface area is 187 Å². The van der Waals surface area contributed by atoms with Crippen LogP contribution in [0.4, 0.5) is 0 Å². The van der Waals surface area contributed by atoms with Crippen molar-refractivity contribution in [2.75, 3.05) is 33.3 Å². The van der Waals surface area contributed by atoms with Crippen LogP contribution in [0.25, 0.3) is 11.1 Å².